The zero-order valence-corrected chi connectivity index (χ0v) is 17.7. The van der Waals surface area contributed by atoms with Crippen molar-refractivity contribution in [2.45, 2.75) is 17.2 Å². The number of sulfonamides is 1. The third-order valence-corrected chi connectivity index (χ3v) is 6.37. The fourth-order valence-electron chi connectivity index (χ4n) is 2.79. The zero-order valence-electron chi connectivity index (χ0n) is 16.0. The average molecular weight is 449 g/mol. The Labute approximate surface area is 174 Å². The van der Waals surface area contributed by atoms with Gasteiger partial charge in [-0.05, 0) is 35.9 Å². The standard InChI is InChI=1S/C20H20N2O6S2/c1-29(24,25)22-17-7-5-6-15(12-17)13-21-20(23)19-16(10-11-28-19)14-30(26,27)18-8-3-2-4-9-18/h2-12,22H,13-14H2,1H3,(H,21,23). The summed E-state index contributed by atoms with van der Waals surface area (Å²) in [7, 11) is -7.05. The fraction of sp³-hybridized carbons (Fsp3) is 0.150. The number of anilines is 1. The van der Waals surface area contributed by atoms with Crippen molar-refractivity contribution in [1.29, 1.82) is 0 Å². The summed E-state index contributed by atoms with van der Waals surface area (Å²) >= 11 is 0. The van der Waals surface area contributed by atoms with Gasteiger partial charge in [-0.2, -0.15) is 0 Å². The van der Waals surface area contributed by atoms with Crippen LogP contribution in [0.25, 0.3) is 0 Å². The van der Waals surface area contributed by atoms with Crippen molar-refractivity contribution >= 4 is 31.5 Å². The van der Waals surface area contributed by atoms with E-state index in [4.69, 9.17) is 4.42 Å². The lowest BCUT2D eigenvalue weighted by molar-refractivity contribution is 0.0922. The Balaban J connectivity index is 1.70. The zero-order chi connectivity index (χ0) is 21.8. The smallest absolute Gasteiger partial charge is 0.287 e. The fourth-order valence-corrected chi connectivity index (χ4v) is 4.72. The molecule has 1 aromatic heterocycles. The van der Waals surface area contributed by atoms with Gasteiger partial charge in [-0.3, -0.25) is 9.52 Å². The van der Waals surface area contributed by atoms with Crippen LogP contribution in [0.2, 0.25) is 0 Å². The summed E-state index contributed by atoms with van der Waals surface area (Å²) in [5.74, 6) is -1.02. The van der Waals surface area contributed by atoms with Crippen molar-refractivity contribution in [2.75, 3.05) is 11.0 Å². The van der Waals surface area contributed by atoms with Crippen LogP contribution < -0.4 is 10.0 Å². The Kier molecular flexibility index (Phi) is 6.28. The molecule has 0 radical (unpaired) electrons. The number of carbonyl (C=O) groups is 1. The predicted octanol–water partition coefficient (Wildman–Crippen LogP) is 2.56. The van der Waals surface area contributed by atoms with Gasteiger partial charge >= 0.3 is 0 Å². The summed E-state index contributed by atoms with van der Waals surface area (Å²) in [6.07, 6.45) is 2.31. The lowest BCUT2D eigenvalue weighted by Crippen LogP contribution is -2.24. The van der Waals surface area contributed by atoms with E-state index in [0.29, 0.717) is 11.3 Å². The van der Waals surface area contributed by atoms with Crippen LogP contribution in [0.5, 0.6) is 0 Å². The highest BCUT2D eigenvalue weighted by Crippen LogP contribution is 2.20. The molecule has 3 rings (SSSR count). The Morgan fingerprint density at radius 3 is 2.40 bits per heavy atom. The summed E-state index contributed by atoms with van der Waals surface area (Å²) < 4.78 is 55.4. The molecule has 0 aliphatic heterocycles. The van der Waals surface area contributed by atoms with Crippen molar-refractivity contribution in [3.63, 3.8) is 0 Å². The minimum absolute atomic E-state index is 0.0834. The molecule has 0 saturated carbocycles. The SMILES string of the molecule is CS(=O)(=O)Nc1cccc(CNC(=O)c2occc2CS(=O)(=O)c2ccccc2)c1. The molecule has 8 nitrogen and oxygen atoms in total. The lowest BCUT2D eigenvalue weighted by Gasteiger charge is -2.09. The Morgan fingerprint density at radius 2 is 1.70 bits per heavy atom. The van der Waals surface area contributed by atoms with Gasteiger partial charge < -0.3 is 9.73 Å². The highest BCUT2D eigenvalue weighted by atomic mass is 32.2. The minimum Gasteiger partial charge on any atom is -0.459 e. The molecule has 0 aliphatic rings. The number of amides is 1. The van der Waals surface area contributed by atoms with E-state index in [-0.39, 0.29) is 28.5 Å². The van der Waals surface area contributed by atoms with Crippen LogP contribution in [0, 0.1) is 0 Å². The van der Waals surface area contributed by atoms with Gasteiger partial charge in [0.2, 0.25) is 10.0 Å². The van der Waals surface area contributed by atoms with Gasteiger partial charge in [0.1, 0.15) is 0 Å². The second-order valence-electron chi connectivity index (χ2n) is 6.60. The van der Waals surface area contributed by atoms with Crippen LogP contribution in [-0.4, -0.2) is 29.0 Å². The number of rotatable bonds is 8. The first kappa shape index (κ1) is 21.6. The number of carbonyl (C=O) groups excluding carboxylic acids is 1. The summed E-state index contributed by atoms with van der Waals surface area (Å²) in [6.45, 7) is 0.101. The number of hydrogen-bond donors (Lipinski definition) is 2. The molecule has 3 aromatic rings. The van der Waals surface area contributed by atoms with E-state index >= 15 is 0 Å². The third kappa shape index (κ3) is 5.71. The maximum Gasteiger partial charge on any atom is 0.287 e. The number of hydrogen-bond acceptors (Lipinski definition) is 6. The van der Waals surface area contributed by atoms with Crippen molar-refractivity contribution < 1.29 is 26.0 Å². The van der Waals surface area contributed by atoms with Gasteiger partial charge in [0, 0.05) is 17.8 Å². The number of benzene rings is 2. The van der Waals surface area contributed by atoms with E-state index in [9.17, 15) is 21.6 Å². The second-order valence-corrected chi connectivity index (χ2v) is 10.3. The highest BCUT2D eigenvalue weighted by Gasteiger charge is 2.22. The molecule has 30 heavy (non-hydrogen) atoms. The summed E-state index contributed by atoms with van der Waals surface area (Å²) in [4.78, 5) is 12.7. The minimum atomic E-state index is -3.63. The molecule has 2 N–H and O–H groups in total. The number of furan rings is 1. The molecule has 0 unspecified atom stereocenters. The van der Waals surface area contributed by atoms with Crippen LogP contribution in [0.4, 0.5) is 5.69 Å². The summed E-state index contributed by atoms with van der Waals surface area (Å²) in [6, 6.07) is 16.0. The highest BCUT2D eigenvalue weighted by molar-refractivity contribution is 7.92. The molecule has 0 spiro atoms. The van der Waals surface area contributed by atoms with Gasteiger partial charge in [0.15, 0.2) is 15.6 Å². The molecule has 158 valence electrons. The van der Waals surface area contributed by atoms with Gasteiger partial charge in [-0.1, -0.05) is 30.3 Å². The van der Waals surface area contributed by atoms with Gasteiger partial charge in [-0.25, -0.2) is 16.8 Å². The Hall–Kier alpha value is -3.11. The second kappa shape index (κ2) is 8.72. The van der Waals surface area contributed by atoms with E-state index in [1.807, 2.05) is 0 Å². The van der Waals surface area contributed by atoms with Crippen molar-refractivity contribution in [2.24, 2.45) is 0 Å². The molecule has 2 aromatic carbocycles. The molecule has 0 fully saturated rings. The first-order valence-electron chi connectivity index (χ1n) is 8.83. The Bertz CT molecular complexity index is 1250. The topological polar surface area (TPSA) is 123 Å². The summed E-state index contributed by atoms with van der Waals surface area (Å²) in [5.41, 5.74) is 1.28. The van der Waals surface area contributed by atoms with E-state index in [2.05, 4.69) is 10.0 Å². The Morgan fingerprint density at radius 1 is 0.967 bits per heavy atom. The van der Waals surface area contributed by atoms with Crippen LogP contribution in [-0.2, 0) is 32.2 Å². The van der Waals surface area contributed by atoms with Crippen LogP contribution in [0.3, 0.4) is 0 Å². The molecule has 1 amide bonds. The summed E-state index contributed by atoms with van der Waals surface area (Å²) in [5, 5.41) is 2.65. The maximum atomic E-state index is 12.6. The van der Waals surface area contributed by atoms with E-state index in [1.54, 1.807) is 42.5 Å². The monoisotopic (exact) mass is 448 g/mol. The van der Waals surface area contributed by atoms with Crippen LogP contribution >= 0.6 is 0 Å². The molecule has 0 aliphatic carbocycles. The number of sulfone groups is 1. The molecular formula is C20H20N2O6S2. The van der Waals surface area contributed by atoms with Crippen molar-refractivity contribution in [3.8, 4) is 0 Å². The first-order valence-corrected chi connectivity index (χ1v) is 12.4. The molecule has 10 heteroatoms. The van der Waals surface area contributed by atoms with E-state index in [1.165, 1.54) is 24.5 Å². The van der Waals surface area contributed by atoms with Crippen LogP contribution in [0.1, 0.15) is 21.7 Å². The average Bonchev–Trinajstić information content (AvgIpc) is 3.13. The largest absolute Gasteiger partial charge is 0.459 e. The predicted molar refractivity (Wildman–Crippen MR) is 112 cm³/mol. The van der Waals surface area contributed by atoms with Crippen molar-refractivity contribution in [1.82, 2.24) is 5.32 Å². The van der Waals surface area contributed by atoms with Gasteiger partial charge in [0.05, 0.1) is 23.2 Å². The molecule has 0 bridgehead atoms. The third-order valence-electron chi connectivity index (χ3n) is 4.08. The molecule has 0 atom stereocenters. The quantitative estimate of drug-likeness (QED) is 0.546. The normalized spacial score (nSPS) is 11.8. The van der Waals surface area contributed by atoms with Gasteiger partial charge in [-0.15, -0.1) is 0 Å². The van der Waals surface area contributed by atoms with Gasteiger partial charge in [0.25, 0.3) is 5.91 Å². The van der Waals surface area contributed by atoms with Crippen molar-refractivity contribution in [3.05, 3.63) is 83.8 Å². The molecule has 0 saturated heterocycles. The molecular weight excluding hydrogens is 428 g/mol. The maximum absolute atomic E-state index is 12.6. The number of nitrogens with one attached hydrogen (secondary N) is 2. The molecule has 1 heterocycles. The first-order chi connectivity index (χ1) is 14.1. The van der Waals surface area contributed by atoms with Crippen LogP contribution in [0.15, 0.2) is 76.2 Å². The van der Waals surface area contributed by atoms with E-state index < -0.39 is 25.8 Å². The lowest BCUT2D eigenvalue weighted by atomic mass is 10.2. The van der Waals surface area contributed by atoms with E-state index in [0.717, 1.165) is 6.26 Å².